The summed E-state index contributed by atoms with van der Waals surface area (Å²) in [6, 6.07) is 15.5. The van der Waals surface area contributed by atoms with Crippen molar-refractivity contribution in [3.63, 3.8) is 0 Å². The predicted octanol–water partition coefficient (Wildman–Crippen LogP) is 5.46. The highest BCUT2D eigenvalue weighted by molar-refractivity contribution is 9.10. The van der Waals surface area contributed by atoms with Crippen LogP contribution in [-0.4, -0.2) is 10.8 Å². The van der Waals surface area contributed by atoms with E-state index in [0.717, 1.165) is 20.9 Å². The molecule has 0 saturated heterocycles. The highest BCUT2D eigenvalue weighted by Gasteiger charge is 2.43. The molecule has 1 aromatic heterocycles. The summed E-state index contributed by atoms with van der Waals surface area (Å²) in [5.41, 5.74) is 2.40. The Morgan fingerprint density at radius 3 is 2.52 bits per heavy atom. The minimum Gasteiger partial charge on any atom is -0.460 e. The molecule has 2 aliphatic rings. The summed E-state index contributed by atoms with van der Waals surface area (Å²) in [6.07, 6.45) is 1.12. The van der Waals surface area contributed by atoms with Crippen molar-refractivity contribution in [1.82, 2.24) is 4.98 Å². The number of hydrogen-bond donors (Lipinski definition) is 1. The minimum atomic E-state index is -0.432. The molecule has 3 aromatic rings. The normalized spacial score (nSPS) is 20.2. The second kappa shape index (κ2) is 6.42. The first kappa shape index (κ1) is 18.4. The number of hydrogen-bond acceptors (Lipinski definition) is 3. The molecule has 0 spiro atoms. The number of pyridine rings is 1. The van der Waals surface area contributed by atoms with Gasteiger partial charge in [-0.2, -0.15) is 0 Å². The van der Waals surface area contributed by atoms with Gasteiger partial charge in [-0.05, 0) is 35.2 Å². The van der Waals surface area contributed by atoms with E-state index in [-0.39, 0.29) is 16.8 Å². The number of nitrogens with one attached hydrogen (secondary N) is 1. The largest absolute Gasteiger partial charge is 0.460 e. The Hall–Kier alpha value is -2.66. The number of para-hydroxylation sites is 1. The molecule has 0 fully saturated rings. The van der Waals surface area contributed by atoms with Crippen LogP contribution in [0.3, 0.4) is 0 Å². The van der Waals surface area contributed by atoms with Crippen LogP contribution >= 0.6 is 15.9 Å². The standard InChI is InChI=1S/C24H20BrNO3/c1-24(2)11-17(27)20-18(12-24)29-22-15-5-3-4-6-16(15)26-23(28)21(22)19(20)13-7-9-14(25)10-8-13/h3-10,19H,11-12H2,1-2H3,(H,26,28). The first-order chi connectivity index (χ1) is 13.8. The molecule has 1 N–H and O–H groups in total. The zero-order valence-electron chi connectivity index (χ0n) is 16.2. The second-order valence-corrected chi connectivity index (χ2v) is 9.52. The van der Waals surface area contributed by atoms with Crippen molar-refractivity contribution in [3.8, 4) is 5.75 Å². The van der Waals surface area contributed by atoms with Crippen LogP contribution in [0.2, 0.25) is 0 Å². The van der Waals surface area contributed by atoms with Crippen LogP contribution in [0.1, 0.15) is 43.7 Å². The molecule has 29 heavy (non-hydrogen) atoms. The third-order valence-corrected chi connectivity index (χ3v) is 6.32. The molecule has 1 unspecified atom stereocenters. The van der Waals surface area contributed by atoms with Crippen molar-refractivity contribution < 1.29 is 9.53 Å². The van der Waals surface area contributed by atoms with E-state index < -0.39 is 5.92 Å². The molecule has 5 heteroatoms. The van der Waals surface area contributed by atoms with Gasteiger partial charge < -0.3 is 9.72 Å². The minimum absolute atomic E-state index is 0.0578. The van der Waals surface area contributed by atoms with Gasteiger partial charge in [0.15, 0.2) is 5.78 Å². The van der Waals surface area contributed by atoms with E-state index in [1.807, 2.05) is 48.5 Å². The SMILES string of the molecule is CC1(C)CC(=O)C2=C(C1)Oc1c(c(=O)[nH]c3ccccc13)C2c1ccc(Br)cc1. The summed E-state index contributed by atoms with van der Waals surface area (Å²) in [5, 5.41) is 0.853. The smallest absolute Gasteiger partial charge is 0.256 e. The summed E-state index contributed by atoms with van der Waals surface area (Å²) < 4.78 is 7.29. The Morgan fingerprint density at radius 2 is 1.76 bits per heavy atom. The molecule has 5 rings (SSSR count). The van der Waals surface area contributed by atoms with Crippen molar-refractivity contribution in [1.29, 1.82) is 0 Å². The summed E-state index contributed by atoms with van der Waals surface area (Å²) in [5.74, 6) is 0.894. The van der Waals surface area contributed by atoms with Gasteiger partial charge in [0, 0.05) is 28.3 Å². The molecule has 2 heterocycles. The third kappa shape index (κ3) is 2.96. The van der Waals surface area contributed by atoms with E-state index >= 15 is 0 Å². The third-order valence-electron chi connectivity index (χ3n) is 5.79. The Balaban J connectivity index is 1.84. The fourth-order valence-electron chi connectivity index (χ4n) is 4.55. The van der Waals surface area contributed by atoms with E-state index in [4.69, 9.17) is 4.74 Å². The number of Topliss-reactive ketones (excluding diaryl/α,β-unsaturated/α-hetero) is 1. The van der Waals surface area contributed by atoms with Gasteiger partial charge in [-0.1, -0.05) is 54.0 Å². The molecule has 0 saturated carbocycles. The molecule has 1 atom stereocenters. The highest BCUT2D eigenvalue weighted by atomic mass is 79.9. The summed E-state index contributed by atoms with van der Waals surface area (Å²) >= 11 is 3.47. The van der Waals surface area contributed by atoms with Gasteiger partial charge in [0.2, 0.25) is 0 Å². The molecular weight excluding hydrogens is 430 g/mol. The van der Waals surface area contributed by atoms with Gasteiger partial charge in [0.25, 0.3) is 5.56 Å². The molecule has 1 aliphatic carbocycles. The van der Waals surface area contributed by atoms with Gasteiger partial charge in [-0.15, -0.1) is 0 Å². The van der Waals surface area contributed by atoms with E-state index in [2.05, 4.69) is 34.8 Å². The lowest BCUT2D eigenvalue weighted by Gasteiger charge is -2.38. The fourth-order valence-corrected chi connectivity index (χ4v) is 4.81. The number of aromatic amines is 1. The van der Waals surface area contributed by atoms with E-state index in [9.17, 15) is 9.59 Å². The molecule has 0 bridgehead atoms. The quantitative estimate of drug-likeness (QED) is 0.536. The molecular formula is C24H20BrNO3. The molecule has 0 radical (unpaired) electrons. The Labute approximate surface area is 176 Å². The van der Waals surface area contributed by atoms with E-state index in [0.29, 0.717) is 35.5 Å². The van der Waals surface area contributed by atoms with Crippen molar-refractivity contribution in [3.05, 3.63) is 85.8 Å². The summed E-state index contributed by atoms with van der Waals surface area (Å²) in [6.45, 7) is 4.16. The van der Waals surface area contributed by atoms with E-state index in [1.54, 1.807) is 0 Å². The number of rotatable bonds is 1. The van der Waals surface area contributed by atoms with Gasteiger partial charge in [-0.3, -0.25) is 9.59 Å². The molecule has 4 nitrogen and oxygen atoms in total. The number of fused-ring (bicyclic) bond motifs is 3. The van der Waals surface area contributed by atoms with Gasteiger partial charge in [0.05, 0.1) is 17.0 Å². The first-order valence-corrected chi connectivity index (χ1v) is 10.5. The lowest BCUT2D eigenvalue weighted by Crippen LogP contribution is -2.35. The number of carbonyl (C=O) groups excluding carboxylic acids is 1. The maximum atomic E-state index is 13.2. The van der Waals surface area contributed by atoms with Gasteiger partial charge in [0.1, 0.15) is 11.5 Å². The number of ether oxygens (including phenoxy) is 1. The molecule has 1 aliphatic heterocycles. The second-order valence-electron chi connectivity index (χ2n) is 8.61. The molecule has 146 valence electrons. The Morgan fingerprint density at radius 1 is 1.03 bits per heavy atom. The lowest BCUT2D eigenvalue weighted by molar-refractivity contribution is -0.118. The number of carbonyl (C=O) groups is 1. The van der Waals surface area contributed by atoms with Crippen molar-refractivity contribution in [2.45, 2.75) is 32.6 Å². The van der Waals surface area contributed by atoms with Crippen LogP contribution in [-0.2, 0) is 4.79 Å². The number of aromatic nitrogens is 1. The van der Waals surface area contributed by atoms with Crippen molar-refractivity contribution in [2.75, 3.05) is 0 Å². The van der Waals surface area contributed by atoms with Crippen LogP contribution in [0.5, 0.6) is 5.75 Å². The van der Waals surface area contributed by atoms with Crippen molar-refractivity contribution >= 4 is 32.6 Å². The lowest BCUT2D eigenvalue weighted by atomic mass is 9.70. The van der Waals surface area contributed by atoms with Crippen LogP contribution in [0.25, 0.3) is 10.9 Å². The maximum absolute atomic E-state index is 13.2. The fraction of sp³-hybridized carbons (Fsp3) is 0.250. The molecule has 2 aromatic carbocycles. The molecule has 0 amide bonds. The summed E-state index contributed by atoms with van der Waals surface area (Å²) in [7, 11) is 0. The predicted molar refractivity (Wildman–Crippen MR) is 116 cm³/mol. The van der Waals surface area contributed by atoms with Crippen LogP contribution < -0.4 is 10.3 Å². The maximum Gasteiger partial charge on any atom is 0.256 e. The van der Waals surface area contributed by atoms with Crippen LogP contribution in [0, 0.1) is 5.41 Å². The van der Waals surface area contributed by atoms with Crippen LogP contribution in [0.4, 0.5) is 0 Å². The average Bonchev–Trinajstić information content (AvgIpc) is 2.66. The Kier molecular flexibility index (Phi) is 4.07. The monoisotopic (exact) mass is 449 g/mol. The van der Waals surface area contributed by atoms with Crippen LogP contribution in [0.15, 0.2) is 69.1 Å². The average molecular weight is 450 g/mol. The highest BCUT2D eigenvalue weighted by Crippen LogP contribution is 2.50. The Bertz CT molecular complexity index is 1250. The number of halogens is 1. The van der Waals surface area contributed by atoms with Crippen molar-refractivity contribution in [2.24, 2.45) is 5.41 Å². The number of benzene rings is 2. The number of H-pyrrole nitrogens is 1. The first-order valence-electron chi connectivity index (χ1n) is 9.68. The zero-order valence-corrected chi connectivity index (χ0v) is 17.8. The number of ketones is 1. The van der Waals surface area contributed by atoms with Gasteiger partial charge >= 0.3 is 0 Å². The van der Waals surface area contributed by atoms with E-state index in [1.165, 1.54) is 0 Å². The topological polar surface area (TPSA) is 59.2 Å². The van der Waals surface area contributed by atoms with Gasteiger partial charge in [-0.25, -0.2) is 0 Å². The number of allylic oxidation sites excluding steroid dienone is 2. The zero-order chi connectivity index (χ0) is 20.3. The summed E-state index contributed by atoms with van der Waals surface area (Å²) in [4.78, 5) is 29.4.